The number of methoxy groups -OCH3 is 1. The number of benzene rings is 1. The summed E-state index contributed by atoms with van der Waals surface area (Å²) in [5.41, 5.74) is 2.84. The van der Waals surface area contributed by atoms with Crippen molar-refractivity contribution in [3.8, 4) is 5.75 Å². The summed E-state index contributed by atoms with van der Waals surface area (Å²) >= 11 is 0. The number of carbonyl (C=O) groups is 1. The number of piperazine rings is 1. The van der Waals surface area contributed by atoms with E-state index in [9.17, 15) is 4.79 Å². The van der Waals surface area contributed by atoms with Gasteiger partial charge >= 0.3 is 5.97 Å². The van der Waals surface area contributed by atoms with Crippen LogP contribution in [0.4, 0.5) is 5.69 Å². The zero-order valence-corrected chi connectivity index (χ0v) is 19.0. The van der Waals surface area contributed by atoms with Crippen LogP contribution in [0, 0.1) is 23.2 Å². The molecule has 5 rings (SSSR count). The van der Waals surface area contributed by atoms with Crippen molar-refractivity contribution in [2.75, 3.05) is 44.7 Å². The molecule has 0 aromatic heterocycles. The largest absolute Gasteiger partial charge is 0.495 e. The van der Waals surface area contributed by atoms with E-state index >= 15 is 0 Å². The first-order valence-corrected chi connectivity index (χ1v) is 12.0. The van der Waals surface area contributed by atoms with Crippen LogP contribution in [0.5, 0.6) is 5.75 Å². The molecular formula is C26H36N2O3. The zero-order valence-electron chi connectivity index (χ0n) is 19.0. The molecule has 2 heterocycles. The van der Waals surface area contributed by atoms with E-state index in [-0.39, 0.29) is 23.4 Å². The Bertz CT molecular complexity index is 847. The summed E-state index contributed by atoms with van der Waals surface area (Å²) in [7, 11) is 1.73. The molecule has 168 valence electrons. The maximum atomic E-state index is 12.9. The Kier molecular flexibility index (Phi) is 5.49. The van der Waals surface area contributed by atoms with Crippen LogP contribution in [0.25, 0.3) is 0 Å². The van der Waals surface area contributed by atoms with Crippen LogP contribution in [0.3, 0.4) is 0 Å². The molecule has 5 nitrogen and oxygen atoms in total. The number of para-hydroxylation sites is 2. The SMILES string of the molecule is C=C1CCC[C@]2(C)C[C@H]3OC(=O)[C@H](CN4CCN(c5ccccc5OC)CC4)[C@@H]3C[C@@H]12. The van der Waals surface area contributed by atoms with Gasteiger partial charge in [0.1, 0.15) is 11.9 Å². The minimum atomic E-state index is 0.0158. The molecule has 2 saturated heterocycles. The third-order valence-electron chi connectivity index (χ3n) is 8.57. The van der Waals surface area contributed by atoms with Crippen molar-refractivity contribution >= 4 is 11.7 Å². The minimum absolute atomic E-state index is 0.0158. The van der Waals surface area contributed by atoms with Crippen LogP contribution in [0.1, 0.15) is 39.0 Å². The van der Waals surface area contributed by atoms with E-state index in [1.807, 2.05) is 12.1 Å². The Morgan fingerprint density at radius 2 is 2.00 bits per heavy atom. The van der Waals surface area contributed by atoms with Crippen molar-refractivity contribution in [1.29, 1.82) is 0 Å². The molecule has 0 amide bonds. The van der Waals surface area contributed by atoms with Gasteiger partial charge in [-0.1, -0.05) is 31.2 Å². The van der Waals surface area contributed by atoms with Gasteiger partial charge < -0.3 is 14.4 Å². The number of ether oxygens (including phenoxy) is 2. The van der Waals surface area contributed by atoms with E-state index in [4.69, 9.17) is 9.47 Å². The van der Waals surface area contributed by atoms with Crippen LogP contribution in [-0.4, -0.2) is 56.8 Å². The third-order valence-corrected chi connectivity index (χ3v) is 8.57. The molecule has 4 fully saturated rings. The van der Waals surface area contributed by atoms with Gasteiger partial charge in [0.25, 0.3) is 0 Å². The van der Waals surface area contributed by atoms with Crippen LogP contribution in [-0.2, 0) is 9.53 Å². The number of anilines is 1. The lowest BCUT2D eigenvalue weighted by atomic mass is 9.55. The Morgan fingerprint density at radius 1 is 1.23 bits per heavy atom. The van der Waals surface area contributed by atoms with Crippen molar-refractivity contribution in [2.45, 2.75) is 45.1 Å². The highest BCUT2D eigenvalue weighted by Gasteiger charge is 2.55. The molecule has 0 unspecified atom stereocenters. The maximum Gasteiger partial charge on any atom is 0.310 e. The normalized spacial score (nSPS) is 36.0. The smallest absolute Gasteiger partial charge is 0.310 e. The molecule has 0 bridgehead atoms. The summed E-state index contributed by atoms with van der Waals surface area (Å²) in [6.45, 7) is 11.5. The van der Waals surface area contributed by atoms with Crippen molar-refractivity contribution in [1.82, 2.24) is 4.90 Å². The Morgan fingerprint density at radius 3 is 2.77 bits per heavy atom. The Hall–Kier alpha value is -2.01. The molecule has 0 radical (unpaired) electrons. The molecule has 2 aliphatic heterocycles. The summed E-state index contributed by atoms with van der Waals surface area (Å²) < 4.78 is 11.5. The average molecular weight is 425 g/mol. The summed E-state index contributed by atoms with van der Waals surface area (Å²) in [6.07, 6.45) is 5.84. The molecule has 1 aromatic carbocycles. The lowest BCUT2D eigenvalue weighted by molar-refractivity contribution is -0.146. The minimum Gasteiger partial charge on any atom is -0.495 e. The van der Waals surface area contributed by atoms with Crippen LogP contribution in [0.2, 0.25) is 0 Å². The fraction of sp³-hybridized carbons (Fsp3) is 0.654. The first-order chi connectivity index (χ1) is 15.0. The number of hydrogen-bond donors (Lipinski definition) is 0. The van der Waals surface area contributed by atoms with Gasteiger partial charge in [-0.3, -0.25) is 9.69 Å². The number of carbonyl (C=O) groups excluding carboxylic acids is 1. The van der Waals surface area contributed by atoms with Gasteiger partial charge in [-0.2, -0.15) is 0 Å². The quantitative estimate of drug-likeness (QED) is 0.537. The lowest BCUT2D eigenvalue weighted by Crippen LogP contribution is -2.50. The second-order valence-corrected chi connectivity index (χ2v) is 10.4. The summed E-state index contributed by atoms with van der Waals surface area (Å²) in [6, 6.07) is 8.22. The van der Waals surface area contributed by atoms with E-state index in [1.54, 1.807) is 7.11 Å². The Balaban J connectivity index is 1.23. The second-order valence-electron chi connectivity index (χ2n) is 10.4. The molecule has 31 heavy (non-hydrogen) atoms. The van der Waals surface area contributed by atoms with E-state index < -0.39 is 0 Å². The molecule has 0 spiro atoms. The van der Waals surface area contributed by atoms with Gasteiger partial charge in [-0.15, -0.1) is 0 Å². The third kappa shape index (κ3) is 3.75. The predicted octanol–water partition coefficient (Wildman–Crippen LogP) is 4.13. The van der Waals surface area contributed by atoms with Gasteiger partial charge in [-0.05, 0) is 55.6 Å². The molecule has 2 aliphatic carbocycles. The summed E-state index contributed by atoms with van der Waals surface area (Å²) in [4.78, 5) is 17.7. The van der Waals surface area contributed by atoms with Crippen LogP contribution >= 0.6 is 0 Å². The number of hydrogen-bond acceptors (Lipinski definition) is 5. The zero-order chi connectivity index (χ0) is 21.6. The van der Waals surface area contributed by atoms with E-state index in [1.165, 1.54) is 18.4 Å². The maximum absolute atomic E-state index is 12.9. The van der Waals surface area contributed by atoms with Crippen molar-refractivity contribution in [3.05, 3.63) is 36.4 Å². The fourth-order valence-electron chi connectivity index (χ4n) is 6.81. The average Bonchev–Trinajstić information content (AvgIpc) is 3.06. The van der Waals surface area contributed by atoms with E-state index in [0.29, 0.717) is 11.8 Å². The number of allylic oxidation sites excluding steroid dienone is 1. The highest BCUT2D eigenvalue weighted by atomic mass is 16.6. The number of fused-ring (bicyclic) bond motifs is 2. The standard InChI is InChI=1S/C26H36N2O3/c1-18-7-6-10-26(2)16-24-19(15-21(18)26)20(25(29)31-24)17-27-11-13-28(14-12-27)22-8-4-5-9-23(22)30-3/h4-5,8-9,19-21,24H,1,6-7,10-17H2,2-3H3/t19-,20+,21-,24+,26+/m0/s1. The number of esters is 1. The monoisotopic (exact) mass is 424 g/mol. The summed E-state index contributed by atoms with van der Waals surface area (Å²) in [5.74, 6) is 1.89. The molecule has 4 aliphatic rings. The number of nitrogens with zero attached hydrogens (tertiary/aromatic N) is 2. The lowest BCUT2D eigenvalue weighted by Gasteiger charge is -2.50. The highest BCUT2D eigenvalue weighted by Crippen LogP contribution is 2.57. The first-order valence-electron chi connectivity index (χ1n) is 12.0. The Labute approximate surface area is 186 Å². The molecule has 0 N–H and O–H groups in total. The van der Waals surface area contributed by atoms with Gasteiger partial charge in [-0.25, -0.2) is 0 Å². The van der Waals surface area contributed by atoms with Crippen LogP contribution in [0.15, 0.2) is 36.4 Å². The molecule has 5 heteroatoms. The topological polar surface area (TPSA) is 42.0 Å². The van der Waals surface area contributed by atoms with E-state index in [0.717, 1.165) is 63.4 Å². The van der Waals surface area contributed by atoms with Crippen molar-refractivity contribution in [3.63, 3.8) is 0 Å². The van der Waals surface area contributed by atoms with Gasteiger partial charge in [0.05, 0.1) is 18.7 Å². The van der Waals surface area contributed by atoms with Crippen LogP contribution < -0.4 is 9.64 Å². The molecule has 5 atom stereocenters. The fourth-order valence-corrected chi connectivity index (χ4v) is 6.81. The van der Waals surface area contributed by atoms with E-state index in [2.05, 4.69) is 35.4 Å². The van der Waals surface area contributed by atoms with Crippen molar-refractivity contribution < 1.29 is 14.3 Å². The molecule has 1 aromatic rings. The van der Waals surface area contributed by atoms with Gasteiger partial charge in [0, 0.05) is 38.6 Å². The first kappa shape index (κ1) is 20.9. The van der Waals surface area contributed by atoms with Crippen molar-refractivity contribution in [2.24, 2.45) is 23.2 Å². The summed E-state index contributed by atoms with van der Waals surface area (Å²) in [5, 5.41) is 0. The second kappa shape index (κ2) is 8.16. The highest BCUT2D eigenvalue weighted by molar-refractivity contribution is 5.75. The molecular weight excluding hydrogens is 388 g/mol. The van der Waals surface area contributed by atoms with Gasteiger partial charge in [0.15, 0.2) is 0 Å². The predicted molar refractivity (Wildman–Crippen MR) is 122 cm³/mol. The van der Waals surface area contributed by atoms with Gasteiger partial charge in [0.2, 0.25) is 0 Å². The number of rotatable bonds is 4. The molecule has 2 saturated carbocycles.